The lowest BCUT2D eigenvalue weighted by Gasteiger charge is -2.45. The van der Waals surface area contributed by atoms with Gasteiger partial charge in [0.2, 0.25) is 17.6 Å². The van der Waals surface area contributed by atoms with Crippen molar-refractivity contribution in [3.05, 3.63) is 0 Å². The van der Waals surface area contributed by atoms with Crippen LogP contribution in [0.15, 0.2) is 0 Å². The fourth-order valence-electron chi connectivity index (χ4n) is 7.49. The maximum absolute atomic E-state index is 14.4. The zero-order chi connectivity index (χ0) is 33.0. The number of carbonyl (C=O) groups excluding carboxylic acids is 5. The van der Waals surface area contributed by atoms with Gasteiger partial charge in [0.25, 0.3) is 5.91 Å². The molecule has 0 radical (unpaired) electrons. The highest BCUT2D eigenvalue weighted by molar-refractivity contribution is 6.37. The molecule has 254 valence electrons. The fourth-order valence-corrected chi connectivity index (χ4v) is 7.49. The van der Waals surface area contributed by atoms with Gasteiger partial charge >= 0.3 is 6.03 Å². The van der Waals surface area contributed by atoms with Crippen LogP contribution < -0.4 is 21.7 Å². The van der Waals surface area contributed by atoms with Gasteiger partial charge < -0.3 is 31.8 Å². The van der Waals surface area contributed by atoms with Crippen molar-refractivity contribution in [3.63, 3.8) is 0 Å². The Kier molecular flexibility index (Phi) is 11.2. The van der Waals surface area contributed by atoms with E-state index >= 15 is 0 Å². The molecule has 3 aliphatic carbocycles. The minimum Gasteiger partial charge on any atom is -0.363 e. The molecule has 1 aliphatic heterocycles. The molecule has 12 heteroatoms. The normalized spacial score (nSPS) is 24.4. The Morgan fingerprint density at radius 1 is 0.911 bits per heavy atom. The molecule has 0 spiro atoms. The Morgan fingerprint density at radius 3 is 2.07 bits per heavy atom. The number of hydrogen-bond donors (Lipinski definition) is 5. The maximum Gasteiger partial charge on any atom is 0.315 e. The van der Waals surface area contributed by atoms with E-state index in [1.165, 1.54) is 5.06 Å². The molecule has 45 heavy (non-hydrogen) atoms. The van der Waals surface area contributed by atoms with E-state index in [0.717, 1.165) is 77.0 Å². The van der Waals surface area contributed by atoms with Crippen LogP contribution in [0.25, 0.3) is 0 Å². The summed E-state index contributed by atoms with van der Waals surface area (Å²) in [6, 6.07) is -3.10. The number of carbonyl (C=O) groups is 5. The Hall–Kier alpha value is -2.73. The second-order valence-electron chi connectivity index (χ2n) is 15.5. The van der Waals surface area contributed by atoms with E-state index in [4.69, 9.17) is 5.73 Å². The number of hydroxylamine groups is 2. The number of nitrogens with zero attached hydrogens (tertiary/aromatic N) is 2. The third-order valence-electron chi connectivity index (χ3n) is 10.6. The topological polar surface area (TPSA) is 174 Å². The number of amides is 5. The molecule has 0 aromatic heterocycles. The molecule has 3 unspecified atom stereocenters. The number of primary amides is 1. The minimum absolute atomic E-state index is 0.270. The summed E-state index contributed by atoms with van der Waals surface area (Å²) in [5.41, 5.74) is 3.65. The summed E-state index contributed by atoms with van der Waals surface area (Å²) >= 11 is 0. The molecule has 0 aromatic rings. The first-order valence-corrected chi connectivity index (χ1v) is 17.1. The van der Waals surface area contributed by atoms with E-state index in [-0.39, 0.29) is 18.4 Å². The largest absolute Gasteiger partial charge is 0.363 e. The van der Waals surface area contributed by atoms with Gasteiger partial charge in [-0.25, -0.2) is 4.79 Å². The smallest absolute Gasteiger partial charge is 0.315 e. The first-order chi connectivity index (χ1) is 21.1. The molecule has 12 nitrogen and oxygen atoms in total. The van der Waals surface area contributed by atoms with Crippen LogP contribution in [0.1, 0.15) is 124 Å². The molecule has 0 aromatic carbocycles. The van der Waals surface area contributed by atoms with E-state index in [2.05, 4.69) is 16.0 Å². The first-order valence-electron chi connectivity index (χ1n) is 17.1. The molecule has 4 aliphatic rings. The zero-order valence-corrected chi connectivity index (χ0v) is 27.8. The van der Waals surface area contributed by atoms with Crippen LogP contribution in [0.2, 0.25) is 0 Å². The lowest BCUT2D eigenvalue weighted by Crippen LogP contribution is -2.65. The third kappa shape index (κ3) is 8.96. The summed E-state index contributed by atoms with van der Waals surface area (Å²) in [7, 11) is 0. The van der Waals surface area contributed by atoms with Crippen molar-refractivity contribution in [3.8, 4) is 0 Å². The van der Waals surface area contributed by atoms with Gasteiger partial charge in [0.05, 0.1) is 11.6 Å². The average Bonchev–Trinajstić information content (AvgIpc) is 3.65. The van der Waals surface area contributed by atoms with Crippen molar-refractivity contribution < 1.29 is 29.2 Å². The van der Waals surface area contributed by atoms with E-state index in [1.54, 1.807) is 4.90 Å². The summed E-state index contributed by atoms with van der Waals surface area (Å²) in [6.45, 7) is 8.44. The number of ketones is 1. The van der Waals surface area contributed by atoms with Crippen LogP contribution in [0.4, 0.5) is 4.79 Å². The van der Waals surface area contributed by atoms with Crippen LogP contribution in [-0.2, 0) is 19.2 Å². The average molecular weight is 633 g/mol. The number of nitrogens with one attached hydrogen (secondary N) is 3. The minimum atomic E-state index is -1.08. The summed E-state index contributed by atoms with van der Waals surface area (Å²) < 4.78 is 0. The molecule has 0 bridgehead atoms. The number of hydrogen-bond acceptors (Lipinski definition) is 7. The molecule has 3 saturated carbocycles. The van der Waals surface area contributed by atoms with Gasteiger partial charge in [-0.3, -0.25) is 19.2 Å². The standard InChI is InChI=1S/C33H56N6O6/c1-31(2,3)39(45)21-33(17-9-6-10-18-33)37-30(44)36-26(32(4)15-7-5-8-16-32)29(43)38-19-11-12-24(38)28(42)35-23(20-22-13-14-22)25(40)27(34)41/h22-24,26,45H,5-21H2,1-4H3,(H2,34,41)(H,35,42)(H2,36,37,44). The van der Waals surface area contributed by atoms with E-state index in [1.807, 2.05) is 27.7 Å². The van der Waals surface area contributed by atoms with Gasteiger partial charge in [0.1, 0.15) is 12.1 Å². The highest BCUT2D eigenvalue weighted by Crippen LogP contribution is 2.40. The van der Waals surface area contributed by atoms with E-state index in [0.29, 0.717) is 25.8 Å². The molecule has 4 rings (SSSR count). The zero-order valence-electron chi connectivity index (χ0n) is 27.8. The van der Waals surface area contributed by atoms with Gasteiger partial charge in [-0.15, -0.1) is 0 Å². The molecule has 3 atom stereocenters. The van der Waals surface area contributed by atoms with Crippen LogP contribution in [0, 0.1) is 11.3 Å². The molecule has 6 N–H and O–H groups in total. The summed E-state index contributed by atoms with van der Waals surface area (Å²) in [6.07, 6.45) is 12.2. The quantitative estimate of drug-likeness (QED) is 0.162. The van der Waals surface area contributed by atoms with Crippen molar-refractivity contribution in [2.45, 2.75) is 153 Å². The van der Waals surface area contributed by atoms with Crippen LogP contribution >= 0.6 is 0 Å². The summed E-state index contributed by atoms with van der Waals surface area (Å²) in [4.78, 5) is 67.5. The number of urea groups is 1. The Balaban J connectivity index is 1.52. The van der Waals surface area contributed by atoms with Crippen LogP contribution in [0.5, 0.6) is 0 Å². The van der Waals surface area contributed by atoms with Gasteiger partial charge in [-0.05, 0) is 77.0 Å². The molecular weight excluding hydrogens is 576 g/mol. The predicted molar refractivity (Wildman–Crippen MR) is 169 cm³/mol. The first kappa shape index (κ1) is 35.1. The molecule has 1 heterocycles. The Morgan fingerprint density at radius 2 is 1.51 bits per heavy atom. The van der Waals surface area contributed by atoms with Crippen molar-refractivity contribution in [2.24, 2.45) is 17.1 Å². The predicted octanol–water partition coefficient (Wildman–Crippen LogP) is 3.15. The molecular formula is C33H56N6O6. The maximum atomic E-state index is 14.4. The third-order valence-corrected chi connectivity index (χ3v) is 10.6. The van der Waals surface area contributed by atoms with E-state index in [9.17, 15) is 29.2 Å². The Labute approximate surface area is 267 Å². The van der Waals surface area contributed by atoms with Crippen molar-refractivity contribution >= 4 is 29.5 Å². The lowest BCUT2D eigenvalue weighted by atomic mass is 9.70. The monoisotopic (exact) mass is 632 g/mol. The lowest BCUT2D eigenvalue weighted by molar-refractivity contribution is -0.170. The summed E-state index contributed by atoms with van der Waals surface area (Å²) in [5, 5.41) is 21.1. The van der Waals surface area contributed by atoms with E-state index < -0.39 is 58.2 Å². The van der Waals surface area contributed by atoms with Gasteiger partial charge in [-0.2, -0.15) is 5.06 Å². The van der Waals surface area contributed by atoms with Crippen molar-refractivity contribution in [2.75, 3.05) is 13.1 Å². The number of nitrogens with two attached hydrogens (primary N) is 1. The SMILES string of the molecule is CC1(C(NC(=O)NC2(CN(O)C(C)(C)C)CCCCC2)C(=O)N2CCCC2C(=O)NC(CC2CC2)C(=O)C(N)=O)CCCCC1. The highest BCUT2D eigenvalue weighted by atomic mass is 16.5. The number of Topliss-reactive ketones (excluding diaryl/α,β-unsaturated/α-hetero) is 1. The number of likely N-dealkylation sites (tertiary alicyclic amines) is 1. The molecule has 4 fully saturated rings. The van der Waals surface area contributed by atoms with Gasteiger partial charge in [0, 0.05) is 18.6 Å². The second kappa shape index (κ2) is 14.4. The van der Waals surface area contributed by atoms with Crippen molar-refractivity contribution in [1.82, 2.24) is 25.9 Å². The molecule has 5 amide bonds. The number of rotatable bonds is 12. The van der Waals surface area contributed by atoms with Crippen LogP contribution in [-0.4, -0.2) is 87.0 Å². The molecule has 1 saturated heterocycles. The second-order valence-corrected chi connectivity index (χ2v) is 15.5. The Bertz CT molecular complexity index is 1110. The van der Waals surface area contributed by atoms with Gasteiger partial charge in [-0.1, -0.05) is 58.3 Å². The summed E-state index contributed by atoms with van der Waals surface area (Å²) in [5.74, 6) is -2.40. The fraction of sp³-hybridized carbons (Fsp3) is 0.848. The highest BCUT2D eigenvalue weighted by Gasteiger charge is 2.47. The van der Waals surface area contributed by atoms with Crippen molar-refractivity contribution in [1.29, 1.82) is 0 Å². The van der Waals surface area contributed by atoms with Crippen LogP contribution in [0.3, 0.4) is 0 Å². The van der Waals surface area contributed by atoms with Gasteiger partial charge in [0.15, 0.2) is 0 Å².